The molecular formula is C27H38N2O9. The van der Waals surface area contributed by atoms with E-state index in [1.807, 2.05) is 0 Å². The van der Waals surface area contributed by atoms with Crippen molar-refractivity contribution < 1.29 is 43.6 Å². The molecule has 11 heteroatoms. The van der Waals surface area contributed by atoms with Gasteiger partial charge in [-0.15, -0.1) is 0 Å². The van der Waals surface area contributed by atoms with Gasteiger partial charge in [-0.05, 0) is 25.8 Å². The number of rotatable bonds is 14. The van der Waals surface area contributed by atoms with Gasteiger partial charge in [-0.25, -0.2) is 4.79 Å². The summed E-state index contributed by atoms with van der Waals surface area (Å²) in [7, 11) is 2.88. The summed E-state index contributed by atoms with van der Waals surface area (Å²) in [5, 5.41) is 22.4. The predicted molar refractivity (Wildman–Crippen MR) is 140 cm³/mol. The number of hydrogen-bond acceptors (Lipinski definition) is 9. The highest BCUT2D eigenvalue weighted by molar-refractivity contribution is 6.22. The molecule has 0 fully saturated rings. The smallest absolute Gasteiger partial charge is 0.405 e. The van der Waals surface area contributed by atoms with Gasteiger partial charge in [-0.1, -0.05) is 44.6 Å². The van der Waals surface area contributed by atoms with Crippen LogP contribution in [0.2, 0.25) is 0 Å². The van der Waals surface area contributed by atoms with E-state index >= 15 is 0 Å². The van der Waals surface area contributed by atoms with Crippen molar-refractivity contribution in [2.45, 2.75) is 58.8 Å². The van der Waals surface area contributed by atoms with E-state index in [0.29, 0.717) is 12.0 Å². The lowest BCUT2D eigenvalue weighted by atomic mass is 9.95. The fourth-order valence-corrected chi connectivity index (χ4v) is 3.66. The number of hydrogen-bond donors (Lipinski definition) is 4. The second-order valence-corrected chi connectivity index (χ2v) is 8.87. The van der Waals surface area contributed by atoms with Gasteiger partial charge in [0.2, 0.25) is 11.6 Å². The molecule has 0 aliphatic heterocycles. The minimum absolute atomic E-state index is 0.0345. The summed E-state index contributed by atoms with van der Waals surface area (Å²) in [6, 6.07) is 0. The highest BCUT2D eigenvalue weighted by Crippen LogP contribution is 2.21. The highest BCUT2D eigenvalue weighted by atomic mass is 16.6. The normalized spacial score (nSPS) is 18.2. The van der Waals surface area contributed by atoms with Crippen molar-refractivity contribution in [3.63, 3.8) is 0 Å². The molecule has 1 aliphatic rings. The average Bonchev–Trinajstić information content (AvgIpc) is 2.86. The van der Waals surface area contributed by atoms with E-state index in [2.05, 4.69) is 5.32 Å². The number of carbonyl (C=O) groups is 4. The van der Waals surface area contributed by atoms with Crippen molar-refractivity contribution in [2.75, 3.05) is 20.8 Å². The average molecular weight is 535 g/mol. The second kappa shape index (κ2) is 15.7. The van der Waals surface area contributed by atoms with Gasteiger partial charge in [0.05, 0.1) is 18.4 Å². The van der Waals surface area contributed by atoms with Crippen molar-refractivity contribution in [1.82, 2.24) is 5.32 Å². The van der Waals surface area contributed by atoms with Gasteiger partial charge >= 0.3 is 6.09 Å². The molecule has 0 heterocycles. The molecule has 210 valence electrons. The van der Waals surface area contributed by atoms with Crippen LogP contribution in [0.5, 0.6) is 0 Å². The number of primary amides is 1. The molecule has 1 aliphatic carbocycles. The van der Waals surface area contributed by atoms with Crippen molar-refractivity contribution >= 4 is 23.6 Å². The number of aliphatic hydroxyl groups is 2. The number of methoxy groups -OCH3 is 2. The molecule has 4 atom stereocenters. The fourth-order valence-electron chi connectivity index (χ4n) is 3.66. The largest absolute Gasteiger partial charge is 0.504 e. The van der Waals surface area contributed by atoms with Crippen molar-refractivity contribution in [3.8, 4) is 0 Å². The number of aliphatic hydroxyl groups excluding tert-OH is 2. The van der Waals surface area contributed by atoms with E-state index in [-0.39, 0.29) is 35.8 Å². The number of ketones is 2. The molecule has 0 aromatic heterocycles. The lowest BCUT2D eigenvalue weighted by Gasteiger charge is -2.25. The molecule has 5 N–H and O–H groups in total. The van der Waals surface area contributed by atoms with Gasteiger partial charge in [0.25, 0.3) is 5.91 Å². The lowest BCUT2D eigenvalue weighted by molar-refractivity contribution is -0.120. The lowest BCUT2D eigenvalue weighted by Crippen LogP contribution is -2.35. The van der Waals surface area contributed by atoms with E-state index in [1.54, 1.807) is 32.9 Å². The Hall–Kier alpha value is -3.54. The SMILES string of the molecule is CCCC1=C(O)C(=O)C=C(NC(=O)/C(C)=C/C=C\[C@H](OC)[C@@H](OC(N)=O)/C(C)=C/[C@H](C)[C@@H](O)COC)C1=O. The van der Waals surface area contributed by atoms with Crippen molar-refractivity contribution in [2.24, 2.45) is 11.7 Å². The Balaban J connectivity index is 3.05. The van der Waals surface area contributed by atoms with Crippen LogP contribution >= 0.6 is 0 Å². The van der Waals surface area contributed by atoms with E-state index < -0.39 is 47.6 Å². The number of nitrogens with two attached hydrogens (primary N) is 1. The molecule has 11 nitrogen and oxygen atoms in total. The summed E-state index contributed by atoms with van der Waals surface area (Å²) in [5.41, 5.74) is 5.77. The number of carbonyl (C=O) groups excluding carboxylic acids is 4. The Bertz CT molecular complexity index is 1050. The van der Waals surface area contributed by atoms with E-state index in [4.69, 9.17) is 19.9 Å². The molecule has 38 heavy (non-hydrogen) atoms. The van der Waals surface area contributed by atoms with Crippen LogP contribution in [0, 0.1) is 5.92 Å². The number of amides is 2. The van der Waals surface area contributed by atoms with Gasteiger partial charge in [0.15, 0.2) is 11.9 Å². The van der Waals surface area contributed by atoms with Crippen LogP contribution in [0.1, 0.15) is 40.5 Å². The minimum atomic E-state index is -1.02. The maximum absolute atomic E-state index is 12.6. The van der Waals surface area contributed by atoms with Crippen LogP contribution in [0.25, 0.3) is 0 Å². The first-order chi connectivity index (χ1) is 17.9. The summed E-state index contributed by atoms with van der Waals surface area (Å²) in [4.78, 5) is 48.7. The first kappa shape index (κ1) is 32.5. The van der Waals surface area contributed by atoms with Gasteiger partial charge in [0, 0.05) is 37.4 Å². The summed E-state index contributed by atoms with van der Waals surface area (Å²) >= 11 is 0. The van der Waals surface area contributed by atoms with Gasteiger partial charge in [0.1, 0.15) is 6.10 Å². The Morgan fingerprint density at radius 3 is 2.42 bits per heavy atom. The van der Waals surface area contributed by atoms with Crippen LogP contribution in [-0.4, -0.2) is 72.9 Å². The number of allylic oxidation sites excluding steroid dienone is 4. The summed E-state index contributed by atoms with van der Waals surface area (Å²) < 4.78 is 15.7. The standard InChI is InChI=1S/C27H38N2O9/c1-7-9-18-23(32)19(13-20(30)24(18)33)29-26(34)15(2)10-8-11-22(37-6)25(38-27(28)35)17(4)12-16(3)21(31)14-36-5/h8,10-13,16,21-22,25,31,33H,7,9,14H2,1-6H3,(H2,28,35)(H,29,34)/b11-8-,15-10+,17-12+/t16-,21-,22-,25-/m0/s1. The quantitative estimate of drug-likeness (QED) is 0.113. The molecule has 2 amide bonds. The van der Waals surface area contributed by atoms with E-state index in [1.165, 1.54) is 33.3 Å². The molecular weight excluding hydrogens is 496 g/mol. The topological polar surface area (TPSA) is 174 Å². The number of ether oxygens (including phenoxy) is 3. The van der Waals surface area contributed by atoms with Crippen LogP contribution in [0.4, 0.5) is 4.79 Å². The third-order valence-electron chi connectivity index (χ3n) is 5.80. The third-order valence-corrected chi connectivity index (χ3v) is 5.80. The van der Waals surface area contributed by atoms with Crippen LogP contribution in [0.3, 0.4) is 0 Å². The van der Waals surface area contributed by atoms with Crippen molar-refractivity contribution in [1.29, 1.82) is 0 Å². The third kappa shape index (κ3) is 9.40. The first-order valence-electron chi connectivity index (χ1n) is 12.1. The monoisotopic (exact) mass is 534 g/mol. The molecule has 0 bridgehead atoms. The van der Waals surface area contributed by atoms with E-state index in [9.17, 15) is 29.4 Å². The fraction of sp³-hybridized carbons (Fsp3) is 0.481. The Labute approximate surface area is 222 Å². The Kier molecular flexibility index (Phi) is 13.4. The molecule has 0 unspecified atom stereocenters. The minimum Gasteiger partial charge on any atom is -0.504 e. The highest BCUT2D eigenvalue weighted by Gasteiger charge is 2.29. The zero-order valence-electron chi connectivity index (χ0n) is 22.6. The summed E-state index contributed by atoms with van der Waals surface area (Å²) in [6.45, 7) is 6.90. The number of Topliss-reactive ketones (excluding diaryl/α,β-unsaturated/α-hetero) is 1. The van der Waals surface area contributed by atoms with Crippen molar-refractivity contribution in [3.05, 3.63) is 58.6 Å². The maximum atomic E-state index is 12.6. The summed E-state index contributed by atoms with van der Waals surface area (Å²) in [5.74, 6) is -2.91. The van der Waals surface area contributed by atoms with Gasteiger partial charge < -0.3 is 35.5 Å². The van der Waals surface area contributed by atoms with E-state index in [0.717, 1.165) is 6.08 Å². The first-order valence-corrected chi connectivity index (χ1v) is 12.1. The molecule has 1 rings (SSSR count). The zero-order chi connectivity index (χ0) is 29.0. The molecule has 0 aromatic rings. The Morgan fingerprint density at radius 1 is 1.21 bits per heavy atom. The molecule has 0 saturated carbocycles. The number of nitrogens with one attached hydrogen (secondary N) is 1. The predicted octanol–water partition coefficient (Wildman–Crippen LogP) is 2.32. The van der Waals surface area contributed by atoms with Gasteiger partial charge in [-0.2, -0.15) is 0 Å². The second-order valence-electron chi connectivity index (χ2n) is 8.87. The van der Waals surface area contributed by atoms with Crippen LogP contribution in [0.15, 0.2) is 58.6 Å². The maximum Gasteiger partial charge on any atom is 0.405 e. The molecule has 0 saturated heterocycles. The molecule has 0 spiro atoms. The molecule has 0 aromatic carbocycles. The summed E-state index contributed by atoms with van der Waals surface area (Å²) in [6.07, 6.45) is 4.36. The Morgan fingerprint density at radius 2 is 1.87 bits per heavy atom. The van der Waals surface area contributed by atoms with Crippen LogP contribution in [-0.2, 0) is 28.6 Å². The van der Waals surface area contributed by atoms with Gasteiger partial charge in [-0.3, -0.25) is 14.4 Å². The molecule has 0 radical (unpaired) electrons. The van der Waals surface area contributed by atoms with Crippen LogP contribution < -0.4 is 11.1 Å². The zero-order valence-corrected chi connectivity index (χ0v) is 22.6.